The molecule has 8 nitrogen and oxygen atoms in total. The topological polar surface area (TPSA) is 103 Å². The van der Waals surface area contributed by atoms with Gasteiger partial charge < -0.3 is 9.32 Å². The summed E-state index contributed by atoms with van der Waals surface area (Å²) in [6, 6.07) is 10.5. The molecule has 0 aliphatic carbocycles. The number of nitrogens with zero attached hydrogens (tertiary/aromatic N) is 5. The molecule has 1 aromatic carbocycles. The highest BCUT2D eigenvalue weighted by atomic mass is 32.2. The standard InChI is InChI=1S/C19H16FN5O3S/c20-15-4-1-5-16(11-15)29(26,27)25-9-7-24(8-10-25)19-17(12-21)23-18(28-19)14-3-2-6-22-13-14/h1-6,11,13H,7-10H2. The van der Waals surface area contributed by atoms with E-state index in [1.54, 1.807) is 29.4 Å². The molecule has 3 aromatic rings. The van der Waals surface area contributed by atoms with Crippen LogP contribution in [0.5, 0.6) is 0 Å². The zero-order valence-corrected chi connectivity index (χ0v) is 16.0. The number of rotatable bonds is 4. The van der Waals surface area contributed by atoms with Crippen LogP contribution in [-0.4, -0.2) is 48.9 Å². The highest BCUT2D eigenvalue weighted by molar-refractivity contribution is 7.89. The number of halogens is 1. The number of benzene rings is 1. The van der Waals surface area contributed by atoms with Gasteiger partial charge in [0.1, 0.15) is 11.9 Å². The second-order valence-corrected chi connectivity index (χ2v) is 8.31. The van der Waals surface area contributed by atoms with Crippen molar-refractivity contribution in [2.75, 3.05) is 31.1 Å². The molecule has 2 aromatic heterocycles. The van der Waals surface area contributed by atoms with Gasteiger partial charge in [-0.1, -0.05) is 6.07 Å². The Morgan fingerprint density at radius 3 is 2.59 bits per heavy atom. The van der Waals surface area contributed by atoms with Crippen molar-refractivity contribution in [3.8, 4) is 17.5 Å². The van der Waals surface area contributed by atoms with Gasteiger partial charge in [-0.2, -0.15) is 14.6 Å². The molecule has 10 heteroatoms. The number of oxazole rings is 1. The molecule has 4 rings (SSSR count). The van der Waals surface area contributed by atoms with Crippen molar-refractivity contribution >= 4 is 15.9 Å². The molecule has 148 valence electrons. The minimum Gasteiger partial charge on any atom is -0.419 e. The highest BCUT2D eigenvalue weighted by Gasteiger charge is 2.31. The SMILES string of the molecule is N#Cc1nc(-c2cccnc2)oc1N1CCN(S(=O)(=O)c2cccc(F)c2)CC1. The van der Waals surface area contributed by atoms with E-state index in [0.29, 0.717) is 24.5 Å². The van der Waals surface area contributed by atoms with Gasteiger partial charge >= 0.3 is 0 Å². The highest BCUT2D eigenvalue weighted by Crippen LogP contribution is 2.29. The van der Waals surface area contributed by atoms with Crippen molar-refractivity contribution in [2.24, 2.45) is 0 Å². The Labute approximate surface area is 166 Å². The van der Waals surface area contributed by atoms with Gasteiger partial charge in [0.15, 0.2) is 0 Å². The third kappa shape index (κ3) is 3.70. The summed E-state index contributed by atoms with van der Waals surface area (Å²) in [7, 11) is -3.80. The van der Waals surface area contributed by atoms with Gasteiger partial charge in [-0.3, -0.25) is 4.98 Å². The van der Waals surface area contributed by atoms with Crippen LogP contribution in [-0.2, 0) is 10.0 Å². The van der Waals surface area contributed by atoms with Crippen molar-refractivity contribution in [2.45, 2.75) is 4.90 Å². The van der Waals surface area contributed by atoms with Gasteiger partial charge in [0.05, 0.1) is 10.5 Å². The molecule has 1 aliphatic heterocycles. The van der Waals surface area contributed by atoms with Crippen molar-refractivity contribution in [3.63, 3.8) is 0 Å². The summed E-state index contributed by atoms with van der Waals surface area (Å²) < 4.78 is 46.0. The first-order chi connectivity index (χ1) is 14.0. The number of aromatic nitrogens is 2. The second kappa shape index (κ2) is 7.62. The zero-order valence-electron chi connectivity index (χ0n) is 15.2. The summed E-state index contributed by atoms with van der Waals surface area (Å²) >= 11 is 0. The first-order valence-electron chi connectivity index (χ1n) is 8.81. The largest absolute Gasteiger partial charge is 0.419 e. The lowest BCUT2D eigenvalue weighted by atomic mass is 10.3. The third-order valence-electron chi connectivity index (χ3n) is 4.58. The lowest BCUT2D eigenvalue weighted by Crippen LogP contribution is -2.48. The molecule has 0 atom stereocenters. The van der Waals surface area contributed by atoms with Crippen LogP contribution in [0.1, 0.15) is 5.69 Å². The fraction of sp³-hybridized carbons (Fsp3) is 0.211. The molecule has 3 heterocycles. The summed E-state index contributed by atoms with van der Waals surface area (Å²) in [6.45, 7) is 0.967. The molecule has 1 saturated heterocycles. The van der Waals surface area contributed by atoms with Crippen LogP contribution in [0.2, 0.25) is 0 Å². The molecular formula is C19H16FN5O3S. The van der Waals surface area contributed by atoms with Crippen molar-refractivity contribution in [1.82, 2.24) is 14.3 Å². The van der Waals surface area contributed by atoms with Crippen LogP contribution in [0.4, 0.5) is 10.3 Å². The number of sulfonamides is 1. The Kier molecular flexibility index (Phi) is 5.00. The average molecular weight is 413 g/mol. The average Bonchev–Trinajstić information content (AvgIpc) is 3.19. The van der Waals surface area contributed by atoms with Gasteiger partial charge in [-0.25, -0.2) is 12.8 Å². The first kappa shape index (κ1) is 19.0. The molecule has 0 unspecified atom stereocenters. The molecule has 0 saturated carbocycles. The summed E-state index contributed by atoms with van der Waals surface area (Å²) in [5.74, 6) is -0.0263. The number of pyridine rings is 1. The van der Waals surface area contributed by atoms with Crippen LogP contribution in [0.3, 0.4) is 0 Å². The molecule has 29 heavy (non-hydrogen) atoms. The Hall–Kier alpha value is -3.29. The van der Waals surface area contributed by atoms with E-state index in [2.05, 4.69) is 9.97 Å². The van der Waals surface area contributed by atoms with Crippen molar-refractivity contribution < 1.29 is 17.2 Å². The summed E-state index contributed by atoms with van der Waals surface area (Å²) in [6.07, 6.45) is 3.21. The van der Waals surface area contributed by atoms with Gasteiger partial charge in [0.2, 0.25) is 27.5 Å². The van der Waals surface area contributed by atoms with E-state index in [0.717, 1.165) is 6.07 Å². The monoisotopic (exact) mass is 413 g/mol. The van der Waals surface area contributed by atoms with Crippen LogP contribution in [0.25, 0.3) is 11.5 Å². The van der Waals surface area contributed by atoms with E-state index in [-0.39, 0.29) is 29.6 Å². The van der Waals surface area contributed by atoms with E-state index >= 15 is 0 Å². The number of hydrogen-bond acceptors (Lipinski definition) is 7. The number of hydrogen-bond donors (Lipinski definition) is 0. The van der Waals surface area contributed by atoms with Gasteiger partial charge in [0.25, 0.3) is 0 Å². The molecule has 0 spiro atoms. The van der Waals surface area contributed by atoms with E-state index in [4.69, 9.17) is 4.42 Å². The molecule has 0 bridgehead atoms. The Balaban J connectivity index is 1.53. The van der Waals surface area contributed by atoms with Crippen molar-refractivity contribution in [3.05, 3.63) is 60.3 Å². The normalized spacial score (nSPS) is 15.2. The van der Waals surface area contributed by atoms with E-state index in [1.807, 2.05) is 6.07 Å². The lowest BCUT2D eigenvalue weighted by molar-refractivity contribution is 0.374. The fourth-order valence-electron chi connectivity index (χ4n) is 3.12. The van der Waals surface area contributed by atoms with Gasteiger partial charge in [-0.05, 0) is 30.3 Å². The smallest absolute Gasteiger partial charge is 0.243 e. The second-order valence-electron chi connectivity index (χ2n) is 6.37. The quantitative estimate of drug-likeness (QED) is 0.646. The fourth-order valence-corrected chi connectivity index (χ4v) is 4.57. The van der Waals surface area contributed by atoms with Crippen LogP contribution < -0.4 is 4.90 Å². The Morgan fingerprint density at radius 2 is 1.93 bits per heavy atom. The zero-order chi connectivity index (χ0) is 20.4. The predicted octanol–water partition coefficient (Wildman–Crippen LogP) is 2.26. The van der Waals surface area contributed by atoms with Gasteiger partial charge in [0, 0.05) is 38.6 Å². The maximum atomic E-state index is 13.4. The van der Waals surface area contributed by atoms with E-state index < -0.39 is 15.8 Å². The van der Waals surface area contributed by atoms with Gasteiger partial charge in [-0.15, -0.1) is 0 Å². The summed E-state index contributed by atoms with van der Waals surface area (Å²) in [5.41, 5.74) is 0.771. The van der Waals surface area contributed by atoms with Crippen LogP contribution in [0.15, 0.2) is 58.1 Å². The Bertz CT molecular complexity index is 1170. The molecule has 1 aliphatic rings. The summed E-state index contributed by atoms with van der Waals surface area (Å²) in [4.78, 5) is 9.93. The van der Waals surface area contributed by atoms with Crippen LogP contribution in [0, 0.1) is 17.1 Å². The summed E-state index contributed by atoms with van der Waals surface area (Å²) in [5, 5.41) is 9.41. The lowest BCUT2D eigenvalue weighted by Gasteiger charge is -2.33. The molecule has 1 fully saturated rings. The first-order valence-corrected chi connectivity index (χ1v) is 10.2. The van der Waals surface area contributed by atoms with E-state index in [1.165, 1.54) is 22.5 Å². The van der Waals surface area contributed by atoms with Crippen LogP contribution >= 0.6 is 0 Å². The molecule has 0 N–H and O–H groups in total. The minimum atomic E-state index is -3.80. The third-order valence-corrected chi connectivity index (χ3v) is 6.48. The minimum absolute atomic E-state index is 0.0813. The molecule has 0 amide bonds. The Morgan fingerprint density at radius 1 is 1.14 bits per heavy atom. The van der Waals surface area contributed by atoms with Crippen molar-refractivity contribution in [1.29, 1.82) is 5.26 Å². The maximum absolute atomic E-state index is 13.4. The van der Waals surface area contributed by atoms with E-state index in [9.17, 15) is 18.1 Å². The number of piperazine rings is 1. The molecular weight excluding hydrogens is 397 g/mol. The predicted molar refractivity (Wildman–Crippen MR) is 102 cm³/mol. The maximum Gasteiger partial charge on any atom is 0.243 e. The number of anilines is 1. The number of nitriles is 1. The molecule has 0 radical (unpaired) electrons.